The van der Waals surface area contributed by atoms with E-state index in [0.717, 1.165) is 12.8 Å². The molecular weight excluding hydrogens is 296 g/mol. The fourth-order valence-corrected chi connectivity index (χ4v) is 2.37. The van der Waals surface area contributed by atoms with E-state index < -0.39 is 0 Å². The lowest BCUT2D eigenvalue weighted by molar-refractivity contribution is -0.118. The van der Waals surface area contributed by atoms with Crippen LogP contribution in [0.3, 0.4) is 0 Å². The van der Waals surface area contributed by atoms with Crippen LogP contribution in [0.15, 0.2) is 12.2 Å². The molecule has 0 atom stereocenters. The first-order chi connectivity index (χ1) is 11.5. The SMILES string of the molecule is CC(C)N.CCCCCCCCC=CCCCCCCCC(N)=O. The number of amides is 1. The standard InChI is InChI=1S/C18H35NO.C3H9N/c1-2-3-4-5-6-7-8-9-10-11-12-13-14-15-16-17-18(19)20;1-3(2)4/h9-10H,2-8,11-17H2,1H3,(H2,19,20);3H,4H2,1-2H3. The Balaban J connectivity index is 0. The summed E-state index contributed by atoms with van der Waals surface area (Å²) < 4.78 is 0. The normalized spacial score (nSPS) is 10.9. The first-order valence-corrected chi connectivity index (χ1v) is 10.2. The van der Waals surface area contributed by atoms with Gasteiger partial charge in [0.2, 0.25) is 5.91 Å². The van der Waals surface area contributed by atoms with Crippen molar-refractivity contribution in [2.24, 2.45) is 11.5 Å². The molecule has 0 saturated heterocycles. The van der Waals surface area contributed by atoms with E-state index in [-0.39, 0.29) is 5.91 Å². The second-order valence-corrected chi connectivity index (χ2v) is 7.04. The number of primary amides is 1. The van der Waals surface area contributed by atoms with Gasteiger partial charge in [-0.25, -0.2) is 0 Å². The van der Waals surface area contributed by atoms with Gasteiger partial charge in [-0.05, 0) is 38.1 Å². The fraction of sp³-hybridized carbons (Fsp3) is 0.857. The zero-order valence-corrected chi connectivity index (χ0v) is 16.7. The van der Waals surface area contributed by atoms with Crippen LogP contribution in [0.5, 0.6) is 0 Å². The minimum Gasteiger partial charge on any atom is -0.370 e. The van der Waals surface area contributed by atoms with Crippen molar-refractivity contribution in [1.82, 2.24) is 0 Å². The summed E-state index contributed by atoms with van der Waals surface area (Å²) in [4.78, 5) is 10.5. The predicted molar refractivity (Wildman–Crippen MR) is 108 cm³/mol. The van der Waals surface area contributed by atoms with Gasteiger partial charge in [0.1, 0.15) is 0 Å². The summed E-state index contributed by atoms with van der Waals surface area (Å²) in [5.74, 6) is -0.164. The van der Waals surface area contributed by atoms with Gasteiger partial charge >= 0.3 is 0 Å². The molecule has 0 rings (SSSR count). The maximum atomic E-state index is 10.5. The van der Waals surface area contributed by atoms with Crippen molar-refractivity contribution in [3.63, 3.8) is 0 Å². The molecule has 0 aliphatic heterocycles. The van der Waals surface area contributed by atoms with E-state index in [9.17, 15) is 4.79 Å². The molecule has 3 nitrogen and oxygen atoms in total. The summed E-state index contributed by atoms with van der Waals surface area (Å²) in [6.45, 7) is 6.15. The number of hydrogen-bond donors (Lipinski definition) is 2. The predicted octanol–water partition coefficient (Wildman–Crippen LogP) is 5.86. The second-order valence-electron chi connectivity index (χ2n) is 7.04. The minimum atomic E-state index is -0.164. The van der Waals surface area contributed by atoms with Crippen LogP contribution in [-0.2, 0) is 4.79 Å². The van der Waals surface area contributed by atoms with E-state index in [1.807, 2.05) is 13.8 Å². The molecule has 0 heterocycles. The second kappa shape index (κ2) is 22.2. The molecule has 0 aromatic carbocycles. The maximum absolute atomic E-state index is 10.5. The summed E-state index contributed by atoms with van der Waals surface area (Å²) in [5.41, 5.74) is 10.2. The molecule has 3 heteroatoms. The van der Waals surface area contributed by atoms with Gasteiger partial charge in [0.05, 0.1) is 0 Å². The summed E-state index contributed by atoms with van der Waals surface area (Å²) in [5, 5.41) is 0. The lowest BCUT2D eigenvalue weighted by atomic mass is 10.1. The maximum Gasteiger partial charge on any atom is 0.217 e. The number of rotatable bonds is 15. The highest BCUT2D eigenvalue weighted by Gasteiger charge is 1.94. The summed E-state index contributed by atoms with van der Waals surface area (Å²) >= 11 is 0. The Morgan fingerprint density at radius 3 is 1.58 bits per heavy atom. The van der Waals surface area contributed by atoms with Gasteiger partial charge in [-0.3, -0.25) is 4.79 Å². The number of carbonyl (C=O) groups excluding carboxylic acids is 1. The van der Waals surface area contributed by atoms with Gasteiger partial charge in [-0.1, -0.05) is 84.3 Å². The van der Waals surface area contributed by atoms with Crippen molar-refractivity contribution in [2.45, 2.75) is 117 Å². The molecule has 0 spiro atoms. The van der Waals surface area contributed by atoms with Crippen LogP contribution in [0.4, 0.5) is 0 Å². The minimum absolute atomic E-state index is 0.164. The van der Waals surface area contributed by atoms with Gasteiger partial charge in [0, 0.05) is 6.42 Å². The van der Waals surface area contributed by atoms with Crippen LogP contribution in [-0.4, -0.2) is 11.9 Å². The third kappa shape index (κ3) is 32.9. The molecule has 0 aromatic heterocycles. The van der Waals surface area contributed by atoms with Crippen LogP contribution in [0, 0.1) is 0 Å². The number of carbonyl (C=O) groups is 1. The molecule has 0 saturated carbocycles. The van der Waals surface area contributed by atoms with Crippen LogP contribution in [0.2, 0.25) is 0 Å². The number of nitrogens with two attached hydrogens (primary N) is 2. The number of unbranched alkanes of at least 4 members (excludes halogenated alkanes) is 11. The molecule has 1 amide bonds. The highest BCUT2D eigenvalue weighted by Crippen LogP contribution is 2.09. The first-order valence-electron chi connectivity index (χ1n) is 10.2. The summed E-state index contributed by atoms with van der Waals surface area (Å²) in [6.07, 6.45) is 21.9. The Morgan fingerprint density at radius 2 is 1.17 bits per heavy atom. The molecule has 0 bridgehead atoms. The van der Waals surface area contributed by atoms with Crippen LogP contribution >= 0.6 is 0 Å². The lowest BCUT2D eigenvalue weighted by Gasteiger charge is -1.99. The van der Waals surface area contributed by atoms with Gasteiger partial charge in [-0.15, -0.1) is 0 Å². The quantitative estimate of drug-likeness (QED) is 0.289. The average Bonchev–Trinajstić information content (AvgIpc) is 2.50. The van der Waals surface area contributed by atoms with E-state index in [1.165, 1.54) is 70.6 Å². The van der Waals surface area contributed by atoms with E-state index in [2.05, 4.69) is 19.1 Å². The fourth-order valence-electron chi connectivity index (χ4n) is 2.37. The Kier molecular flexibility index (Phi) is 23.5. The van der Waals surface area contributed by atoms with Crippen molar-refractivity contribution in [1.29, 1.82) is 0 Å². The van der Waals surface area contributed by atoms with Gasteiger partial charge in [-0.2, -0.15) is 0 Å². The molecule has 0 aliphatic rings. The number of hydrogen-bond acceptors (Lipinski definition) is 2. The molecule has 0 aliphatic carbocycles. The molecular formula is C21H44N2O. The van der Waals surface area contributed by atoms with Crippen molar-refractivity contribution < 1.29 is 4.79 Å². The smallest absolute Gasteiger partial charge is 0.217 e. The van der Waals surface area contributed by atoms with E-state index >= 15 is 0 Å². The average molecular weight is 341 g/mol. The van der Waals surface area contributed by atoms with E-state index in [0.29, 0.717) is 12.5 Å². The first kappa shape index (κ1) is 25.4. The van der Waals surface area contributed by atoms with Crippen LogP contribution in [0.1, 0.15) is 111 Å². The monoisotopic (exact) mass is 340 g/mol. The largest absolute Gasteiger partial charge is 0.370 e. The highest BCUT2D eigenvalue weighted by molar-refractivity contribution is 5.73. The Hall–Kier alpha value is -0.830. The zero-order valence-electron chi connectivity index (χ0n) is 16.7. The van der Waals surface area contributed by atoms with Crippen molar-refractivity contribution in [3.8, 4) is 0 Å². The lowest BCUT2D eigenvalue weighted by Crippen LogP contribution is -2.09. The molecule has 0 unspecified atom stereocenters. The molecule has 144 valence electrons. The van der Waals surface area contributed by atoms with Gasteiger partial charge < -0.3 is 11.5 Å². The van der Waals surface area contributed by atoms with E-state index in [4.69, 9.17) is 11.5 Å². The molecule has 4 N–H and O–H groups in total. The van der Waals surface area contributed by atoms with Crippen LogP contribution < -0.4 is 11.5 Å². The third-order valence-corrected chi connectivity index (χ3v) is 3.68. The topological polar surface area (TPSA) is 69.1 Å². The van der Waals surface area contributed by atoms with Crippen molar-refractivity contribution >= 4 is 5.91 Å². The zero-order chi connectivity index (χ0) is 18.5. The molecule has 0 fully saturated rings. The van der Waals surface area contributed by atoms with Crippen molar-refractivity contribution in [2.75, 3.05) is 0 Å². The Morgan fingerprint density at radius 1 is 0.792 bits per heavy atom. The molecule has 0 aromatic rings. The Bertz CT molecular complexity index is 272. The number of allylic oxidation sites excluding steroid dienone is 2. The molecule has 24 heavy (non-hydrogen) atoms. The van der Waals surface area contributed by atoms with Gasteiger partial charge in [0.25, 0.3) is 0 Å². The Labute approximate surface area is 151 Å². The van der Waals surface area contributed by atoms with Gasteiger partial charge in [0.15, 0.2) is 0 Å². The summed E-state index contributed by atoms with van der Waals surface area (Å²) in [6, 6.07) is 0.333. The summed E-state index contributed by atoms with van der Waals surface area (Å²) in [7, 11) is 0. The van der Waals surface area contributed by atoms with Crippen LogP contribution in [0.25, 0.3) is 0 Å². The third-order valence-electron chi connectivity index (χ3n) is 3.68. The van der Waals surface area contributed by atoms with E-state index in [1.54, 1.807) is 0 Å². The van der Waals surface area contributed by atoms with Crippen molar-refractivity contribution in [3.05, 3.63) is 12.2 Å². The highest BCUT2D eigenvalue weighted by atomic mass is 16.1. The molecule has 0 radical (unpaired) electrons.